The Kier molecular flexibility index (Phi) is 6.95. The third-order valence-corrected chi connectivity index (χ3v) is 7.99. The number of anilines is 1. The summed E-state index contributed by atoms with van der Waals surface area (Å²) in [6.07, 6.45) is 4.03. The van der Waals surface area contributed by atoms with Gasteiger partial charge in [0.05, 0.1) is 22.7 Å². The Bertz CT molecular complexity index is 1230. The number of hydrogen-bond acceptors (Lipinski definition) is 4. The van der Waals surface area contributed by atoms with E-state index in [1.165, 1.54) is 0 Å². The van der Waals surface area contributed by atoms with E-state index in [1.54, 1.807) is 28.6 Å². The molecule has 1 aliphatic heterocycles. The number of carbonyl (C=O) groups excluding carboxylic acids is 1. The molecule has 0 saturated carbocycles. The van der Waals surface area contributed by atoms with Gasteiger partial charge in [-0.2, -0.15) is 9.40 Å². The van der Waals surface area contributed by atoms with Gasteiger partial charge in [-0.1, -0.05) is 37.1 Å². The molecule has 2 aromatic carbocycles. The second-order valence-electron chi connectivity index (χ2n) is 8.47. The molecule has 1 amide bonds. The van der Waals surface area contributed by atoms with Crippen molar-refractivity contribution in [2.45, 2.75) is 50.8 Å². The average molecular weight is 467 g/mol. The number of nitrogens with zero attached hydrogens (tertiary/aromatic N) is 3. The normalized spacial score (nSPS) is 15.2. The number of nitrogens with one attached hydrogen (secondary N) is 1. The first kappa shape index (κ1) is 23.2. The maximum absolute atomic E-state index is 13.1. The molecule has 1 aromatic heterocycles. The van der Waals surface area contributed by atoms with Gasteiger partial charge in [-0.25, -0.2) is 13.1 Å². The number of rotatable bonds is 6. The van der Waals surface area contributed by atoms with Crippen molar-refractivity contribution < 1.29 is 13.2 Å². The predicted octanol–water partition coefficient (Wildman–Crippen LogP) is 4.24. The highest BCUT2D eigenvalue weighted by Crippen LogP contribution is 2.23. The smallest absolute Gasteiger partial charge is 0.243 e. The number of para-hydroxylation sites is 1. The molecule has 0 radical (unpaired) electrons. The lowest BCUT2D eigenvalue weighted by atomic mass is 10.1. The summed E-state index contributed by atoms with van der Waals surface area (Å²) in [5.74, 6) is -0.210. The summed E-state index contributed by atoms with van der Waals surface area (Å²) in [5.41, 5.74) is 3.98. The van der Waals surface area contributed by atoms with Crippen LogP contribution < -0.4 is 5.32 Å². The third-order valence-electron chi connectivity index (χ3n) is 6.10. The van der Waals surface area contributed by atoms with Crippen molar-refractivity contribution in [3.05, 3.63) is 71.5 Å². The van der Waals surface area contributed by atoms with Gasteiger partial charge in [0.25, 0.3) is 0 Å². The number of sulfonamides is 1. The van der Waals surface area contributed by atoms with Crippen molar-refractivity contribution in [3.8, 4) is 5.69 Å². The fraction of sp³-hybridized carbons (Fsp3) is 0.360. The quantitative estimate of drug-likeness (QED) is 0.589. The maximum atomic E-state index is 13.1. The van der Waals surface area contributed by atoms with E-state index in [4.69, 9.17) is 0 Å². The van der Waals surface area contributed by atoms with Crippen LogP contribution in [0.2, 0.25) is 0 Å². The molecule has 8 heteroatoms. The minimum absolute atomic E-state index is 0.160. The Labute approximate surface area is 195 Å². The number of hydrogen-bond donors (Lipinski definition) is 1. The highest BCUT2D eigenvalue weighted by atomic mass is 32.2. The fourth-order valence-electron chi connectivity index (χ4n) is 4.28. The largest absolute Gasteiger partial charge is 0.326 e. The van der Waals surface area contributed by atoms with E-state index < -0.39 is 10.0 Å². The van der Waals surface area contributed by atoms with Crippen LogP contribution >= 0.6 is 0 Å². The Hall–Kier alpha value is -2.97. The first-order valence-corrected chi connectivity index (χ1v) is 12.8. The van der Waals surface area contributed by atoms with Crippen LogP contribution in [0.3, 0.4) is 0 Å². The van der Waals surface area contributed by atoms with Crippen molar-refractivity contribution in [1.29, 1.82) is 0 Å². The molecule has 33 heavy (non-hydrogen) atoms. The van der Waals surface area contributed by atoms with Crippen LogP contribution in [0.25, 0.3) is 5.69 Å². The number of aromatic nitrogens is 2. The van der Waals surface area contributed by atoms with E-state index >= 15 is 0 Å². The predicted molar refractivity (Wildman–Crippen MR) is 129 cm³/mol. The molecule has 1 N–H and O–H groups in total. The van der Waals surface area contributed by atoms with Crippen LogP contribution in [0.4, 0.5) is 5.69 Å². The second-order valence-corrected chi connectivity index (χ2v) is 10.4. The summed E-state index contributed by atoms with van der Waals surface area (Å²) in [6.45, 7) is 4.93. The summed E-state index contributed by atoms with van der Waals surface area (Å²) in [4.78, 5) is 13.0. The van der Waals surface area contributed by atoms with Crippen LogP contribution in [0.15, 0.2) is 59.5 Å². The molecular formula is C25H30N4O3S. The molecule has 1 fully saturated rings. The van der Waals surface area contributed by atoms with Gasteiger partial charge in [0.2, 0.25) is 15.9 Å². The molecule has 2 heterocycles. The van der Waals surface area contributed by atoms with Crippen LogP contribution in [0.1, 0.15) is 42.6 Å². The van der Waals surface area contributed by atoms with Crippen molar-refractivity contribution in [1.82, 2.24) is 14.1 Å². The van der Waals surface area contributed by atoms with Gasteiger partial charge >= 0.3 is 0 Å². The molecule has 1 saturated heterocycles. The highest BCUT2D eigenvalue weighted by Gasteiger charge is 2.25. The lowest BCUT2D eigenvalue weighted by Gasteiger charge is -2.20. The van der Waals surface area contributed by atoms with Gasteiger partial charge < -0.3 is 5.32 Å². The number of amides is 1. The standard InChI is InChI=1S/C25H30N4O3S/c1-19-24(20(2)29(27-19)22-12-6-5-7-13-22)18-25(30)26-21-11-10-14-23(17-21)33(31,32)28-15-8-3-4-9-16-28/h5-7,10-14,17H,3-4,8-9,15-16,18H2,1-2H3,(H,26,30). The van der Waals surface area contributed by atoms with E-state index in [0.717, 1.165) is 48.3 Å². The van der Waals surface area contributed by atoms with Crippen molar-refractivity contribution in [2.75, 3.05) is 18.4 Å². The third kappa shape index (κ3) is 5.17. The van der Waals surface area contributed by atoms with Crippen molar-refractivity contribution >= 4 is 21.6 Å². The Morgan fingerprint density at radius 2 is 1.67 bits per heavy atom. The Morgan fingerprint density at radius 3 is 2.36 bits per heavy atom. The molecule has 0 aliphatic carbocycles. The molecular weight excluding hydrogens is 436 g/mol. The summed E-state index contributed by atoms with van der Waals surface area (Å²) < 4.78 is 29.6. The molecule has 4 rings (SSSR count). The SMILES string of the molecule is Cc1nn(-c2ccccc2)c(C)c1CC(=O)Nc1cccc(S(=O)(=O)N2CCCCCC2)c1. The van der Waals surface area contributed by atoms with Crippen LogP contribution in [0.5, 0.6) is 0 Å². The minimum atomic E-state index is -3.57. The maximum Gasteiger partial charge on any atom is 0.243 e. The van der Waals surface area contributed by atoms with E-state index in [1.807, 2.05) is 48.9 Å². The van der Waals surface area contributed by atoms with E-state index in [0.29, 0.717) is 18.8 Å². The fourth-order valence-corrected chi connectivity index (χ4v) is 5.85. The summed E-state index contributed by atoms with van der Waals surface area (Å²) in [7, 11) is -3.57. The van der Waals surface area contributed by atoms with Gasteiger partial charge in [0.1, 0.15) is 0 Å². The van der Waals surface area contributed by atoms with Gasteiger partial charge in [-0.15, -0.1) is 0 Å². The zero-order valence-corrected chi connectivity index (χ0v) is 19.9. The summed E-state index contributed by atoms with van der Waals surface area (Å²) in [5, 5.41) is 7.46. The number of carbonyl (C=O) groups is 1. The zero-order chi connectivity index (χ0) is 23.4. The van der Waals surface area contributed by atoms with Crippen LogP contribution in [0, 0.1) is 13.8 Å². The molecule has 0 atom stereocenters. The first-order chi connectivity index (χ1) is 15.9. The van der Waals surface area contributed by atoms with E-state index in [9.17, 15) is 13.2 Å². The van der Waals surface area contributed by atoms with Gasteiger partial charge in [-0.05, 0) is 57.0 Å². The minimum Gasteiger partial charge on any atom is -0.326 e. The first-order valence-electron chi connectivity index (χ1n) is 11.4. The summed E-state index contributed by atoms with van der Waals surface area (Å²) >= 11 is 0. The molecule has 1 aliphatic rings. The summed E-state index contributed by atoms with van der Waals surface area (Å²) in [6, 6.07) is 16.3. The second kappa shape index (κ2) is 9.89. The zero-order valence-electron chi connectivity index (χ0n) is 19.1. The number of benzene rings is 2. The van der Waals surface area contributed by atoms with Gasteiger partial charge in [-0.3, -0.25) is 4.79 Å². The van der Waals surface area contributed by atoms with Crippen molar-refractivity contribution in [3.63, 3.8) is 0 Å². The van der Waals surface area contributed by atoms with Gasteiger partial charge in [0.15, 0.2) is 0 Å². The van der Waals surface area contributed by atoms with Crippen LogP contribution in [-0.2, 0) is 21.2 Å². The molecule has 0 unspecified atom stereocenters. The molecule has 0 bridgehead atoms. The monoisotopic (exact) mass is 466 g/mol. The van der Waals surface area contributed by atoms with Crippen molar-refractivity contribution in [2.24, 2.45) is 0 Å². The van der Waals surface area contributed by atoms with E-state index in [2.05, 4.69) is 10.4 Å². The highest BCUT2D eigenvalue weighted by molar-refractivity contribution is 7.89. The average Bonchev–Trinajstić information content (AvgIpc) is 3.00. The lowest BCUT2D eigenvalue weighted by molar-refractivity contribution is -0.115. The molecule has 174 valence electrons. The molecule has 0 spiro atoms. The number of aryl methyl sites for hydroxylation is 1. The Morgan fingerprint density at radius 1 is 0.970 bits per heavy atom. The van der Waals surface area contributed by atoms with E-state index in [-0.39, 0.29) is 17.2 Å². The molecule has 3 aromatic rings. The Balaban J connectivity index is 1.49. The topological polar surface area (TPSA) is 84.3 Å². The molecule has 7 nitrogen and oxygen atoms in total. The lowest BCUT2D eigenvalue weighted by Crippen LogP contribution is -2.32. The van der Waals surface area contributed by atoms with Gasteiger partial charge in [0, 0.05) is 30.0 Å². The van der Waals surface area contributed by atoms with Crippen LogP contribution in [-0.4, -0.2) is 41.5 Å².